The maximum Gasteiger partial charge on any atom is 0.167 e. The molecule has 5 rings (SSSR count). The van der Waals surface area contributed by atoms with Crippen molar-refractivity contribution >= 4 is 23.0 Å². The number of nitrogens with one attached hydrogen (secondary N) is 2. The molecule has 0 aliphatic carbocycles. The Morgan fingerprint density at radius 1 is 0.686 bits per heavy atom. The van der Waals surface area contributed by atoms with Crippen LogP contribution >= 0.6 is 0 Å². The molecule has 5 aromatic rings. The summed E-state index contributed by atoms with van der Waals surface area (Å²) >= 11 is 0. The first-order valence-electron chi connectivity index (χ1n) is 10.6. The average Bonchev–Trinajstić information content (AvgIpc) is 2.88. The van der Waals surface area contributed by atoms with Gasteiger partial charge < -0.3 is 15.4 Å². The average molecular weight is 468 g/mol. The summed E-state index contributed by atoms with van der Waals surface area (Å²) in [6.07, 6.45) is 7.95. The van der Waals surface area contributed by atoms with E-state index in [2.05, 4.69) is 30.6 Å². The number of nitrogens with zero attached hydrogens (tertiary/aromatic N) is 4. The van der Waals surface area contributed by atoms with E-state index in [-0.39, 0.29) is 11.6 Å². The van der Waals surface area contributed by atoms with Crippen LogP contribution in [0.15, 0.2) is 97.8 Å². The number of aromatic nitrogens is 4. The lowest BCUT2D eigenvalue weighted by Crippen LogP contribution is -1.99. The first-order chi connectivity index (χ1) is 17.1. The zero-order valence-electron chi connectivity index (χ0n) is 18.2. The summed E-state index contributed by atoms with van der Waals surface area (Å²) < 4.78 is 33.9. The topological polar surface area (TPSA) is 84.9 Å². The Bertz CT molecular complexity index is 1450. The van der Waals surface area contributed by atoms with E-state index >= 15 is 0 Å². The summed E-state index contributed by atoms with van der Waals surface area (Å²) in [5.74, 6) is 0.587. The Kier molecular flexibility index (Phi) is 6.21. The molecule has 2 aromatic carbocycles. The number of hydrogen-bond acceptors (Lipinski definition) is 7. The summed E-state index contributed by atoms with van der Waals surface area (Å²) in [6.45, 7) is 0. The molecule has 3 heterocycles. The molecule has 0 amide bonds. The Balaban J connectivity index is 1.31. The zero-order chi connectivity index (χ0) is 24.0. The minimum absolute atomic E-state index is 0.0632. The van der Waals surface area contributed by atoms with Crippen LogP contribution in [0, 0.1) is 11.6 Å². The highest BCUT2D eigenvalue weighted by Gasteiger charge is 2.12. The Morgan fingerprint density at radius 3 is 2.17 bits per heavy atom. The third-order valence-corrected chi connectivity index (χ3v) is 4.96. The van der Waals surface area contributed by atoms with Crippen LogP contribution in [0.4, 0.5) is 31.8 Å². The predicted octanol–water partition coefficient (Wildman–Crippen LogP) is 6.49. The molecule has 0 fully saturated rings. The van der Waals surface area contributed by atoms with Gasteiger partial charge in [-0.05, 0) is 48.5 Å². The van der Waals surface area contributed by atoms with E-state index < -0.39 is 5.82 Å². The van der Waals surface area contributed by atoms with Crippen LogP contribution < -0.4 is 15.4 Å². The number of benzene rings is 2. The SMILES string of the molecule is Fc1ccc(Nc2cc(Nc3ccc(Oc4ccncc4-c4cccnc4)c(F)c3)ncn2)cc1. The van der Waals surface area contributed by atoms with E-state index in [9.17, 15) is 8.78 Å². The van der Waals surface area contributed by atoms with Crippen molar-refractivity contribution in [3.05, 3.63) is 109 Å². The van der Waals surface area contributed by atoms with Gasteiger partial charge in [0.1, 0.15) is 29.5 Å². The molecule has 7 nitrogen and oxygen atoms in total. The standard InChI is InChI=1S/C26H18F2N6O/c27-18-3-5-19(6-4-18)33-25-13-26(32-16-31-25)34-20-7-8-24(22(28)12-20)35-23-9-11-30-15-21(23)17-2-1-10-29-14-17/h1-16H,(H2,31,32,33,34). The third kappa shape index (κ3) is 5.36. The van der Waals surface area contributed by atoms with Crippen LogP contribution in [0.1, 0.15) is 0 Å². The molecule has 0 spiro atoms. The van der Waals surface area contributed by atoms with Crippen LogP contribution in [-0.4, -0.2) is 19.9 Å². The normalized spacial score (nSPS) is 10.6. The first kappa shape index (κ1) is 21.9. The van der Waals surface area contributed by atoms with Crippen LogP contribution in [0.25, 0.3) is 11.1 Å². The second-order valence-corrected chi connectivity index (χ2v) is 7.41. The molecule has 0 aliphatic heterocycles. The predicted molar refractivity (Wildman–Crippen MR) is 129 cm³/mol. The molecular weight excluding hydrogens is 450 g/mol. The Labute approximate surface area is 199 Å². The van der Waals surface area contributed by atoms with Gasteiger partial charge in [-0.2, -0.15) is 0 Å². The van der Waals surface area contributed by atoms with E-state index in [1.807, 2.05) is 6.07 Å². The zero-order valence-corrected chi connectivity index (χ0v) is 18.2. The van der Waals surface area contributed by atoms with Gasteiger partial charge in [-0.3, -0.25) is 9.97 Å². The summed E-state index contributed by atoms with van der Waals surface area (Å²) in [5.41, 5.74) is 2.65. The molecule has 0 bridgehead atoms. The highest BCUT2D eigenvalue weighted by Crippen LogP contribution is 2.34. The molecule has 2 N–H and O–H groups in total. The van der Waals surface area contributed by atoms with Crippen LogP contribution in [0.2, 0.25) is 0 Å². The van der Waals surface area contributed by atoms with Crippen molar-refractivity contribution in [3.8, 4) is 22.6 Å². The van der Waals surface area contributed by atoms with Crippen molar-refractivity contribution in [2.75, 3.05) is 10.6 Å². The van der Waals surface area contributed by atoms with Gasteiger partial charge in [-0.25, -0.2) is 18.7 Å². The van der Waals surface area contributed by atoms with Crippen molar-refractivity contribution in [1.29, 1.82) is 0 Å². The van der Waals surface area contributed by atoms with Crippen molar-refractivity contribution in [1.82, 2.24) is 19.9 Å². The fraction of sp³-hybridized carbons (Fsp3) is 0. The van der Waals surface area contributed by atoms with E-state index in [1.165, 1.54) is 30.6 Å². The smallest absolute Gasteiger partial charge is 0.167 e. The van der Waals surface area contributed by atoms with Gasteiger partial charge in [0.15, 0.2) is 11.6 Å². The number of rotatable bonds is 7. The molecule has 172 valence electrons. The molecule has 0 aliphatic rings. The molecular formula is C26H18F2N6O. The second kappa shape index (κ2) is 9.92. The lowest BCUT2D eigenvalue weighted by atomic mass is 10.1. The third-order valence-electron chi connectivity index (χ3n) is 4.96. The Hall–Kier alpha value is -4.92. The van der Waals surface area contributed by atoms with Gasteiger partial charge in [-0.1, -0.05) is 6.07 Å². The fourth-order valence-electron chi connectivity index (χ4n) is 3.31. The van der Waals surface area contributed by atoms with Gasteiger partial charge in [-0.15, -0.1) is 0 Å². The molecule has 0 saturated heterocycles. The van der Waals surface area contributed by atoms with E-state index in [0.717, 1.165) is 5.56 Å². The maximum atomic E-state index is 14.9. The first-order valence-corrected chi connectivity index (χ1v) is 10.6. The van der Waals surface area contributed by atoms with Crippen LogP contribution in [0.3, 0.4) is 0 Å². The molecule has 9 heteroatoms. The van der Waals surface area contributed by atoms with E-state index in [0.29, 0.717) is 34.3 Å². The summed E-state index contributed by atoms with van der Waals surface area (Å²) in [5, 5.41) is 6.11. The largest absolute Gasteiger partial charge is 0.454 e. The van der Waals surface area contributed by atoms with Gasteiger partial charge in [0.05, 0.1) is 0 Å². The van der Waals surface area contributed by atoms with Crippen LogP contribution in [0.5, 0.6) is 11.5 Å². The Morgan fingerprint density at radius 2 is 1.43 bits per heavy atom. The molecule has 0 saturated carbocycles. The summed E-state index contributed by atoms with van der Waals surface area (Å²) in [4.78, 5) is 16.6. The molecule has 3 aromatic heterocycles. The number of ether oxygens (including phenoxy) is 1. The van der Waals surface area contributed by atoms with Crippen molar-refractivity contribution < 1.29 is 13.5 Å². The number of pyridine rings is 2. The monoisotopic (exact) mass is 468 g/mol. The maximum absolute atomic E-state index is 14.9. The molecule has 0 atom stereocenters. The van der Waals surface area contributed by atoms with Crippen LogP contribution in [-0.2, 0) is 0 Å². The van der Waals surface area contributed by atoms with Crippen molar-refractivity contribution in [2.24, 2.45) is 0 Å². The van der Waals surface area contributed by atoms with Gasteiger partial charge in [0, 0.05) is 59.4 Å². The van der Waals surface area contributed by atoms with Gasteiger partial charge >= 0.3 is 0 Å². The molecule has 0 unspecified atom stereocenters. The summed E-state index contributed by atoms with van der Waals surface area (Å²) in [7, 11) is 0. The number of hydrogen-bond donors (Lipinski definition) is 2. The molecule has 0 radical (unpaired) electrons. The lowest BCUT2D eigenvalue weighted by molar-refractivity contribution is 0.443. The minimum Gasteiger partial charge on any atom is -0.454 e. The lowest BCUT2D eigenvalue weighted by Gasteiger charge is -2.13. The number of anilines is 4. The van der Waals surface area contributed by atoms with Gasteiger partial charge in [0.25, 0.3) is 0 Å². The second-order valence-electron chi connectivity index (χ2n) is 7.41. The minimum atomic E-state index is -0.553. The highest BCUT2D eigenvalue weighted by atomic mass is 19.1. The summed E-state index contributed by atoms with van der Waals surface area (Å²) in [6, 6.07) is 17.4. The van der Waals surface area contributed by atoms with E-state index in [4.69, 9.17) is 4.74 Å². The quantitative estimate of drug-likeness (QED) is 0.282. The fourth-order valence-corrected chi connectivity index (χ4v) is 3.31. The van der Waals surface area contributed by atoms with Gasteiger partial charge in [0.2, 0.25) is 0 Å². The van der Waals surface area contributed by atoms with Crippen molar-refractivity contribution in [2.45, 2.75) is 0 Å². The highest BCUT2D eigenvalue weighted by molar-refractivity contribution is 5.69. The molecule has 35 heavy (non-hydrogen) atoms. The number of halogens is 2. The van der Waals surface area contributed by atoms with E-state index in [1.54, 1.807) is 61.2 Å². The van der Waals surface area contributed by atoms with Crippen molar-refractivity contribution in [3.63, 3.8) is 0 Å².